The zero-order valence-corrected chi connectivity index (χ0v) is 10.7. The molecule has 1 N–H and O–H groups in total. The van der Waals surface area contributed by atoms with Gasteiger partial charge in [-0.25, -0.2) is 4.98 Å². The molecule has 1 saturated carbocycles. The lowest BCUT2D eigenvalue weighted by Crippen LogP contribution is -2.37. The van der Waals surface area contributed by atoms with E-state index in [2.05, 4.69) is 29.1 Å². The Labute approximate surface area is 105 Å². The molecular weight excluding hydrogens is 232 g/mol. The summed E-state index contributed by atoms with van der Waals surface area (Å²) < 4.78 is 1.24. The van der Waals surface area contributed by atoms with Gasteiger partial charge in [0.25, 0.3) is 0 Å². The summed E-state index contributed by atoms with van der Waals surface area (Å²) in [5, 5.41) is 10.4. The molecule has 90 valence electrons. The Hall–Kier alpha value is -1.13. The maximum Gasteiger partial charge on any atom is 0.186 e. The molecule has 1 aromatic heterocycles. The number of aliphatic hydroxyl groups is 1. The van der Waals surface area contributed by atoms with E-state index in [0.717, 1.165) is 30.0 Å². The Bertz CT molecular complexity index is 486. The molecule has 1 aliphatic rings. The number of hydrogen-bond donors (Lipinski definition) is 1. The number of rotatable bonds is 3. The number of aromatic nitrogens is 1. The van der Waals surface area contributed by atoms with Crippen molar-refractivity contribution >= 4 is 26.7 Å². The second-order valence-corrected chi connectivity index (χ2v) is 5.85. The van der Waals surface area contributed by atoms with Gasteiger partial charge >= 0.3 is 0 Å². The number of aliphatic hydroxyl groups excluding tert-OH is 1. The van der Waals surface area contributed by atoms with Gasteiger partial charge in [-0.1, -0.05) is 23.5 Å². The molecule has 0 saturated heterocycles. The van der Waals surface area contributed by atoms with Crippen molar-refractivity contribution in [3.63, 3.8) is 0 Å². The van der Waals surface area contributed by atoms with Crippen molar-refractivity contribution in [2.45, 2.75) is 18.9 Å². The van der Waals surface area contributed by atoms with Crippen molar-refractivity contribution in [2.24, 2.45) is 5.92 Å². The third-order valence-electron chi connectivity index (χ3n) is 3.35. The highest BCUT2D eigenvalue weighted by Crippen LogP contribution is 2.32. The van der Waals surface area contributed by atoms with E-state index in [-0.39, 0.29) is 6.10 Å². The van der Waals surface area contributed by atoms with Crippen molar-refractivity contribution in [3.05, 3.63) is 24.3 Å². The number of nitrogens with zero attached hydrogens (tertiary/aromatic N) is 2. The fraction of sp³-hybridized carbons (Fsp3) is 0.462. The van der Waals surface area contributed by atoms with Crippen LogP contribution in [0.2, 0.25) is 0 Å². The average Bonchev–Trinajstić information content (AvgIpc) is 2.70. The summed E-state index contributed by atoms with van der Waals surface area (Å²) in [5.41, 5.74) is 1.08. The summed E-state index contributed by atoms with van der Waals surface area (Å²) in [6.07, 6.45) is 1.81. The lowest BCUT2D eigenvalue weighted by atomic mass is 9.82. The fourth-order valence-electron chi connectivity index (χ4n) is 2.34. The molecule has 1 aromatic carbocycles. The van der Waals surface area contributed by atoms with E-state index < -0.39 is 0 Å². The smallest absolute Gasteiger partial charge is 0.186 e. The molecular formula is C13H16N2OS. The van der Waals surface area contributed by atoms with Gasteiger partial charge in [0.2, 0.25) is 0 Å². The van der Waals surface area contributed by atoms with Gasteiger partial charge in [0.15, 0.2) is 5.13 Å². The molecule has 1 heterocycles. The highest BCUT2D eigenvalue weighted by molar-refractivity contribution is 7.22. The van der Waals surface area contributed by atoms with E-state index in [1.807, 2.05) is 12.1 Å². The van der Waals surface area contributed by atoms with Crippen LogP contribution in [0.5, 0.6) is 0 Å². The molecule has 0 radical (unpaired) electrons. The highest BCUT2D eigenvalue weighted by atomic mass is 32.1. The number of para-hydroxylation sites is 1. The largest absolute Gasteiger partial charge is 0.393 e. The molecule has 4 heteroatoms. The molecule has 2 aromatic rings. The van der Waals surface area contributed by atoms with Crippen molar-refractivity contribution in [3.8, 4) is 0 Å². The maximum absolute atomic E-state index is 9.28. The quantitative estimate of drug-likeness (QED) is 0.906. The Morgan fingerprint density at radius 3 is 2.88 bits per heavy atom. The monoisotopic (exact) mass is 248 g/mol. The molecule has 0 unspecified atom stereocenters. The Morgan fingerprint density at radius 1 is 1.41 bits per heavy atom. The van der Waals surface area contributed by atoms with E-state index in [4.69, 9.17) is 0 Å². The second kappa shape index (κ2) is 4.27. The van der Waals surface area contributed by atoms with Crippen molar-refractivity contribution in [1.29, 1.82) is 0 Å². The summed E-state index contributed by atoms with van der Waals surface area (Å²) in [4.78, 5) is 6.83. The molecule has 17 heavy (non-hydrogen) atoms. The van der Waals surface area contributed by atoms with Crippen LogP contribution >= 0.6 is 11.3 Å². The Balaban J connectivity index is 1.74. The third kappa shape index (κ3) is 2.15. The van der Waals surface area contributed by atoms with Crippen LogP contribution in [0.15, 0.2) is 24.3 Å². The summed E-state index contributed by atoms with van der Waals surface area (Å²) in [5.74, 6) is 0.627. The topological polar surface area (TPSA) is 36.4 Å². The maximum atomic E-state index is 9.28. The molecule has 0 amide bonds. The molecule has 0 atom stereocenters. The predicted octanol–water partition coefficient (Wildman–Crippen LogP) is 2.50. The fourth-order valence-corrected chi connectivity index (χ4v) is 3.27. The zero-order valence-electron chi connectivity index (χ0n) is 9.84. The first-order chi connectivity index (χ1) is 8.22. The normalized spacial score (nSPS) is 23.6. The van der Waals surface area contributed by atoms with Gasteiger partial charge in [0.1, 0.15) is 0 Å². The van der Waals surface area contributed by atoms with Crippen LogP contribution in [-0.4, -0.2) is 29.8 Å². The SMILES string of the molecule is CN(CC1CC(O)C1)c1nc2ccccc2s1. The average molecular weight is 248 g/mol. The van der Waals surface area contributed by atoms with Crippen LogP contribution in [0, 0.1) is 5.92 Å². The number of fused-ring (bicyclic) bond motifs is 1. The van der Waals surface area contributed by atoms with E-state index in [1.54, 1.807) is 11.3 Å². The Kier molecular flexibility index (Phi) is 2.76. The Morgan fingerprint density at radius 2 is 2.18 bits per heavy atom. The van der Waals surface area contributed by atoms with E-state index in [0.29, 0.717) is 5.92 Å². The van der Waals surface area contributed by atoms with Gasteiger partial charge in [-0.2, -0.15) is 0 Å². The first kappa shape index (κ1) is 11.0. The van der Waals surface area contributed by atoms with Crippen molar-refractivity contribution in [1.82, 2.24) is 4.98 Å². The van der Waals surface area contributed by atoms with Crippen LogP contribution in [0.25, 0.3) is 10.2 Å². The first-order valence-corrected chi connectivity index (χ1v) is 6.79. The van der Waals surface area contributed by atoms with E-state index in [1.165, 1.54) is 4.70 Å². The molecule has 0 spiro atoms. The minimum absolute atomic E-state index is 0.0660. The lowest BCUT2D eigenvalue weighted by Gasteiger charge is -2.34. The molecule has 0 bridgehead atoms. The minimum Gasteiger partial charge on any atom is -0.393 e. The van der Waals surface area contributed by atoms with E-state index in [9.17, 15) is 5.11 Å². The second-order valence-electron chi connectivity index (χ2n) is 4.84. The molecule has 3 nitrogen and oxygen atoms in total. The molecule has 3 rings (SSSR count). The van der Waals surface area contributed by atoms with Gasteiger partial charge in [0.05, 0.1) is 16.3 Å². The summed E-state index contributed by atoms with van der Waals surface area (Å²) in [6, 6.07) is 8.23. The third-order valence-corrected chi connectivity index (χ3v) is 4.50. The van der Waals surface area contributed by atoms with Gasteiger partial charge < -0.3 is 10.0 Å². The summed E-state index contributed by atoms with van der Waals surface area (Å²) in [6.45, 7) is 0.997. The number of benzene rings is 1. The molecule has 1 aliphatic carbocycles. The van der Waals surface area contributed by atoms with Gasteiger partial charge in [0, 0.05) is 13.6 Å². The van der Waals surface area contributed by atoms with Crippen molar-refractivity contribution in [2.75, 3.05) is 18.5 Å². The van der Waals surface area contributed by atoms with E-state index >= 15 is 0 Å². The standard InChI is InChI=1S/C13H16N2OS/c1-15(8-9-6-10(16)7-9)13-14-11-4-2-3-5-12(11)17-13/h2-5,9-10,16H,6-8H2,1H3. The first-order valence-electron chi connectivity index (χ1n) is 5.97. The number of anilines is 1. The van der Waals surface area contributed by atoms with Crippen LogP contribution in [0.4, 0.5) is 5.13 Å². The van der Waals surface area contributed by atoms with Gasteiger partial charge in [-0.3, -0.25) is 0 Å². The summed E-state index contributed by atoms with van der Waals surface area (Å²) >= 11 is 1.74. The van der Waals surface area contributed by atoms with Crippen LogP contribution in [0.3, 0.4) is 0 Å². The predicted molar refractivity (Wildman–Crippen MR) is 71.6 cm³/mol. The summed E-state index contributed by atoms with van der Waals surface area (Å²) in [7, 11) is 2.09. The van der Waals surface area contributed by atoms with Crippen LogP contribution < -0.4 is 4.90 Å². The molecule has 0 aliphatic heterocycles. The number of hydrogen-bond acceptors (Lipinski definition) is 4. The van der Waals surface area contributed by atoms with Crippen molar-refractivity contribution < 1.29 is 5.11 Å². The zero-order chi connectivity index (χ0) is 11.8. The lowest BCUT2D eigenvalue weighted by molar-refractivity contribution is 0.0465. The van der Waals surface area contributed by atoms with Gasteiger partial charge in [-0.15, -0.1) is 0 Å². The number of thiazole rings is 1. The van der Waals surface area contributed by atoms with Gasteiger partial charge in [-0.05, 0) is 30.9 Å². The highest BCUT2D eigenvalue weighted by Gasteiger charge is 2.28. The van der Waals surface area contributed by atoms with Crippen LogP contribution in [0.1, 0.15) is 12.8 Å². The minimum atomic E-state index is -0.0660. The molecule has 1 fully saturated rings. The van der Waals surface area contributed by atoms with Crippen LogP contribution in [-0.2, 0) is 0 Å².